The van der Waals surface area contributed by atoms with Crippen LogP contribution >= 0.6 is 11.6 Å². The molecule has 0 fully saturated rings. The van der Waals surface area contributed by atoms with Crippen molar-refractivity contribution < 1.29 is 9.53 Å². The quantitative estimate of drug-likeness (QED) is 0.289. The lowest BCUT2D eigenvalue weighted by molar-refractivity contribution is 0.0745. The standard InChI is InChI=1S/C28H27ClN2O2/c1-3-20-11-14-26-23(17-20)18-24(27(29)30-26)19-31(28(32)22-7-5-4-6-8-22)16-15-21-9-12-25(33-2)13-10-21/h4-14,17-18H,3,15-16,19H2,1-2H3. The summed E-state index contributed by atoms with van der Waals surface area (Å²) in [5, 5.41) is 1.47. The second-order valence-electron chi connectivity index (χ2n) is 8.01. The number of hydrogen-bond acceptors (Lipinski definition) is 3. The highest BCUT2D eigenvalue weighted by atomic mass is 35.5. The van der Waals surface area contributed by atoms with E-state index in [4.69, 9.17) is 16.3 Å². The molecule has 0 aliphatic heterocycles. The average molecular weight is 459 g/mol. The molecule has 0 unspecified atom stereocenters. The first-order chi connectivity index (χ1) is 16.1. The molecule has 168 valence electrons. The van der Waals surface area contributed by atoms with Crippen LogP contribution in [0, 0.1) is 0 Å². The van der Waals surface area contributed by atoms with Gasteiger partial charge in [0.25, 0.3) is 5.91 Å². The number of rotatable bonds is 8. The van der Waals surface area contributed by atoms with Crippen LogP contribution in [0.15, 0.2) is 78.9 Å². The minimum Gasteiger partial charge on any atom is -0.497 e. The Bertz CT molecular complexity index is 1240. The summed E-state index contributed by atoms with van der Waals surface area (Å²) < 4.78 is 5.25. The lowest BCUT2D eigenvalue weighted by Crippen LogP contribution is -2.32. The van der Waals surface area contributed by atoms with Crippen LogP contribution in [0.25, 0.3) is 10.9 Å². The zero-order valence-corrected chi connectivity index (χ0v) is 19.7. The maximum absolute atomic E-state index is 13.4. The van der Waals surface area contributed by atoms with E-state index in [0.29, 0.717) is 23.8 Å². The Morgan fingerprint density at radius 3 is 2.39 bits per heavy atom. The van der Waals surface area contributed by atoms with Gasteiger partial charge in [0.1, 0.15) is 10.9 Å². The van der Waals surface area contributed by atoms with Crippen LogP contribution in [0.5, 0.6) is 5.75 Å². The Labute approximate surface area is 199 Å². The van der Waals surface area contributed by atoms with Crippen molar-refractivity contribution in [2.24, 2.45) is 0 Å². The molecule has 3 aromatic carbocycles. The highest BCUT2D eigenvalue weighted by Crippen LogP contribution is 2.24. The second kappa shape index (κ2) is 10.5. The van der Waals surface area contributed by atoms with Gasteiger partial charge < -0.3 is 9.64 Å². The molecule has 0 N–H and O–H groups in total. The first-order valence-corrected chi connectivity index (χ1v) is 11.5. The molecular weight excluding hydrogens is 432 g/mol. The molecule has 4 aromatic rings. The van der Waals surface area contributed by atoms with Gasteiger partial charge in [0.05, 0.1) is 12.6 Å². The van der Waals surface area contributed by atoms with Crippen molar-refractivity contribution in [2.75, 3.05) is 13.7 Å². The first kappa shape index (κ1) is 22.8. The fraction of sp³-hybridized carbons (Fsp3) is 0.214. The van der Waals surface area contributed by atoms with Crippen LogP contribution in [0.2, 0.25) is 5.15 Å². The summed E-state index contributed by atoms with van der Waals surface area (Å²) in [4.78, 5) is 19.8. The number of methoxy groups -OCH3 is 1. The Balaban J connectivity index is 1.62. The summed E-state index contributed by atoms with van der Waals surface area (Å²) >= 11 is 6.56. The predicted molar refractivity (Wildman–Crippen MR) is 134 cm³/mol. The number of amides is 1. The summed E-state index contributed by atoms with van der Waals surface area (Å²) in [5.74, 6) is 0.791. The van der Waals surface area contributed by atoms with E-state index in [-0.39, 0.29) is 5.91 Å². The average Bonchev–Trinajstić information content (AvgIpc) is 2.87. The molecule has 0 radical (unpaired) electrons. The molecule has 1 heterocycles. The number of ether oxygens (including phenoxy) is 1. The summed E-state index contributed by atoms with van der Waals surface area (Å²) in [7, 11) is 1.65. The molecule has 1 aromatic heterocycles. The number of fused-ring (bicyclic) bond motifs is 1. The number of halogens is 1. The molecule has 0 spiro atoms. The molecule has 0 saturated carbocycles. The highest BCUT2D eigenvalue weighted by Gasteiger charge is 2.18. The lowest BCUT2D eigenvalue weighted by Gasteiger charge is -2.24. The summed E-state index contributed by atoms with van der Waals surface area (Å²) in [6.07, 6.45) is 1.68. The van der Waals surface area contributed by atoms with E-state index in [1.54, 1.807) is 7.11 Å². The van der Waals surface area contributed by atoms with Gasteiger partial charge in [-0.3, -0.25) is 4.79 Å². The van der Waals surface area contributed by atoms with E-state index < -0.39 is 0 Å². The van der Waals surface area contributed by atoms with E-state index in [1.807, 2.05) is 65.6 Å². The number of carbonyl (C=O) groups is 1. The molecule has 4 rings (SSSR count). The maximum atomic E-state index is 13.4. The van der Waals surface area contributed by atoms with Crippen molar-refractivity contribution >= 4 is 28.4 Å². The number of aryl methyl sites for hydroxylation is 1. The van der Waals surface area contributed by atoms with Crippen molar-refractivity contribution in [1.29, 1.82) is 0 Å². The van der Waals surface area contributed by atoms with Gasteiger partial charge >= 0.3 is 0 Å². The van der Waals surface area contributed by atoms with Gasteiger partial charge in [-0.15, -0.1) is 0 Å². The monoisotopic (exact) mass is 458 g/mol. The van der Waals surface area contributed by atoms with E-state index in [9.17, 15) is 4.79 Å². The Hall–Kier alpha value is -3.37. The SMILES string of the molecule is CCc1ccc2nc(Cl)c(CN(CCc3ccc(OC)cc3)C(=O)c3ccccc3)cc2c1. The summed E-state index contributed by atoms with van der Waals surface area (Å²) in [6, 6.07) is 25.6. The van der Waals surface area contributed by atoms with Crippen molar-refractivity contribution in [3.05, 3.63) is 106 Å². The molecule has 4 nitrogen and oxygen atoms in total. The number of benzene rings is 3. The fourth-order valence-electron chi connectivity index (χ4n) is 3.85. The minimum atomic E-state index is -0.0254. The van der Waals surface area contributed by atoms with Gasteiger partial charge in [-0.25, -0.2) is 4.98 Å². The fourth-order valence-corrected chi connectivity index (χ4v) is 4.06. The predicted octanol–water partition coefficient (Wildman–Crippen LogP) is 6.34. The molecule has 1 amide bonds. The van der Waals surface area contributed by atoms with E-state index in [2.05, 4.69) is 30.1 Å². The van der Waals surface area contributed by atoms with Crippen LogP contribution in [0.4, 0.5) is 0 Å². The van der Waals surface area contributed by atoms with Crippen LogP contribution in [0.1, 0.15) is 34.0 Å². The first-order valence-electron chi connectivity index (χ1n) is 11.1. The number of aromatic nitrogens is 1. The third-order valence-electron chi connectivity index (χ3n) is 5.81. The highest BCUT2D eigenvalue weighted by molar-refractivity contribution is 6.30. The van der Waals surface area contributed by atoms with Gasteiger partial charge in [-0.05, 0) is 66.4 Å². The minimum absolute atomic E-state index is 0.0254. The topological polar surface area (TPSA) is 42.4 Å². The van der Waals surface area contributed by atoms with Crippen LogP contribution in [-0.4, -0.2) is 29.4 Å². The van der Waals surface area contributed by atoms with Gasteiger partial charge in [-0.1, -0.05) is 54.9 Å². The molecule has 0 saturated heterocycles. The maximum Gasteiger partial charge on any atom is 0.254 e. The molecule has 0 bridgehead atoms. The largest absolute Gasteiger partial charge is 0.497 e. The van der Waals surface area contributed by atoms with Crippen LogP contribution in [-0.2, 0) is 19.4 Å². The van der Waals surface area contributed by atoms with E-state index in [0.717, 1.165) is 40.6 Å². The molecule has 0 aliphatic rings. The van der Waals surface area contributed by atoms with Crippen molar-refractivity contribution in [3.8, 4) is 5.75 Å². The van der Waals surface area contributed by atoms with Gasteiger partial charge in [-0.2, -0.15) is 0 Å². The Morgan fingerprint density at radius 2 is 1.70 bits per heavy atom. The van der Waals surface area contributed by atoms with Crippen molar-refractivity contribution in [3.63, 3.8) is 0 Å². The third-order valence-corrected chi connectivity index (χ3v) is 6.14. The molecule has 0 atom stereocenters. The van der Waals surface area contributed by atoms with Crippen LogP contribution in [0.3, 0.4) is 0 Å². The summed E-state index contributed by atoms with van der Waals surface area (Å²) in [6.45, 7) is 3.08. The second-order valence-corrected chi connectivity index (χ2v) is 8.37. The van der Waals surface area contributed by atoms with Gasteiger partial charge in [0, 0.05) is 29.6 Å². The van der Waals surface area contributed by atoms with Crippen molar-refractivity contribution in [2.45, 2.75) is 26.3 Å². The Kier molecular flexibility index (Phi) is 7.26. The van der Waals surface area contributed by atoms with Gasteiger partial charge in [0.2, 0.25) is 0 Å². The number of nitrogens with zero attached hydrogens (tertiary/aromatic N) is 2. The Morgan fingerprint density at radius 1 is 0.970 bits per heavy atom. The molecule has 5 heteroatoms. The lowest BCUT2D eigenvalue weighted by atomic mass is 10.1. The smallest absolute Gasteiger partial charge is 0.254 e. The summed E-state index contributed by atoms with van der Waals surface area (Å²) in [5.41, 5.74) is 4.74. The van der Waals surface area contributed by atoms with E-state index in [1.165, 1.54) is 5.56 Å². The number of pyridine rings is 1. The van der Waals surface area contributed by atoms with E-state index >= 15 is 0 Å². The van der Waals surface area contributed by atoms with Gasteiger partial charge in [0.15, 0.2) is 0 Å². The normalized spacial score (nSPS) is 10.9. The molecule has 33 heavy (non-hydrogen) atoms. The zero-order chi connectivity index (χ0) is 23.2. The number of carbonyl (C=O) groups excluding carboxylic acids is 1. The van der Waals surface area contributed by atoms with Crippen LogP contribution < -0.4 is 4.74 Å². The number of hydrogen-bond donors (Lipinski definition) is 0. The molecular formula is C28H27ClN2O2. The molecule has 0 aliphatic carbocycles. The zero-order valence-electron chi connectivity index (χ0n) is 18.9. The van der Waals surface area contributed by atoms with Crippen molar-refractivity contribution in [1.82, 2.24) is 9.88 Å². The third kappa shape index (κ3) is 5.52.